The van der Waals surface area contributed by atoms with Crippen LogP contribution in [0.25, 0.3) is 0 Å². The SMILES string of the molecule is O=c1[nH]nc(N/N=C/c2ccco2)c(=O)[nH]1. The second-order valence-electron chi connectivity index (χ2n) is 2.74. The number of nitrogens with zero attached hydrogens (tertiary/aromatic N) is 2. The van der Waals surface area contributed by atoms with Crippen molar-refractivity contribution in [3.05, 3.63) is 45.0 Å². The van der Waals surface area contributed by atoms with Crippen LogP contribution in [0.4, 0.5) is 5.82 Å². The standard InChI is InChI=1S/C8H7N5O3/c14-7-6(12-13-8(15)10-7)11-9-4-5-2-1-3-16-5/h1-4H,(H,11,12)(H2,10,13,14,15)/b9-4+. The van der Waals surface area contributed by atoms with Crippen LogP contribution in [-0.2, 0) is 0 Å². The van der Waals surface area contributed by atoms with Crippen molar-refractivity contribution < 1.29 is 4.42 Å². The van der Waals surface area contributed by atoms with Crippen LogP contribution in [0.15, 0.2) is 37.5 Å². The van der Waals surface area contributed by atoms with Crippen molar-refractivity contribution >= 4 is 12.0 Å². The molecule has 0 spiro atoms. The molecule has 0 fully saturated rings. The minimum atomic E-state index is -0.675. The summed E-state index contributed by atoms with van der Waals surface area (Å²) in [5.74, 6) is 0.413. The van der Waals surface area contributed by atoms with Gasteiger partial charge in [-0.25, -0.2) is 9.89 Å². The van der Waals surface area contributed by atoms with E-state index in [2.05, 4.69) is 20.7 Å². The monoisotopic (exact) mass is 221 g/mol. The third-order valence-corrected chi connectivity index (χ3v) is 1.62. The Bertz CT molecular complexity index is 595. The zero-order chi connectivity index (χ0) is 11.4. The largest absolute Gasteiger partial charge is 0.463 e. The summed E-state index contributed by atoms with van der Waals surface area (Å²) < 4.78 is 4.97. The number of nitrogens with one attached hydrogen (secondary N) is 3. The highest BCUT2D eigenvalue weighted by molar-refractivity contribution is 5.76. The average molecular weight is 221 g/mol. The van der Waals surface area contributed by atoms with Crippen molar-refractivity contribution in [2.75, 3.05) is 5.43 Å². The maximum absolute atomic E-state index is 11.1. The van der Waals surface area contributed by atoms with Crippen LogP contribution in [0.5, 0.6) is 0 Å². The number of H-pyrrole nitrogens is 2. The van der Waals surface area contributed by atoms with E-state index in [9.17, 15) is 9.59 Å². The molecule has 2 aromatic rings. The van der Waals surface area contributed by atoms with Crippen molar-refractivity contribution in [3.8, 4) is 0 Å². The molecule has 0 amide bonds. The Kier molecular flexibility index (Phi) is 2.63. The van der Waals surface area contributed by atoms with Gasteiger partial charge in [0.1, 0.15) is 5.76 Å². The Morgan fingerprint density at radius 2 is 2.38 bits per heavy atom. The molecular formula is C8H7N5O3. The van der Waals surface area contributed by atoms with Crippen LogP contribution >= 0.6 is 0 Å². The zero-order valence-corrected chi connectivity index (χ0v) is 7.93. The van der Waals surface area contributed by atoms with E-state index in [1.165, 1.54) is 12.5 Å². The normalized spacial score (nSPS) is 10.8. The second kappa shape index (κ2) is 4.26. The van der Waals surface area contributed by atoms with E-state index in [1.54, 1.807) is 12.1 Å². The lowest BCUT2D eigenvalue weighted by atomic mass is 10.5. The molecule has 2 heterocycles. The number of aromatic amines is 2. The van der Waals surface area contributed by atoms with Crippen LogP contribution in [0, 0.1) is 0 Å². The van der Waals surface area contributed by atoms with Gasteiger partial charge in [0.05, 0.1) is 12.5 Å². The molecule has 0 bridgehead atoms. The number of hydrogen-bond acceptors (Lipinski definition) is 6. The van der Waals surface area contributed by atoms with Gasteiger partial charge in [-0.05, 0) is 12.1 Å². The second-order valence-corrected chi connectivity index (χ2v) is 2.74. The van der Waals surface area contributed by atoms with Gasteiger partial charge < -0.3 is 4.42 Å². The first-order valence-corrected chi connectivity index (χ1v) is 4.27. The molecule has 8 nitrogen and oxygen atoms in total. The number of hydrogen-bond donors (Lipinski definition) is 3. The van der Waals surface area contributed by atoms with E-state index in [0.29, 0.717) is 5.76 Å². The Hall–Kier alpha value is -2.64. The lowest BCUT2D eigenvalue weighted by Gasteiger charge is -1.94. The molecule has 0 saturated heterocycles. The fraction of sp³-hybridized carbons (Fsp3) is 0. The summed E-state index contributed by atoms with van der Waals surface area (Å²) >= 11 is 0. The number of hydrazone groups is 1. The van der Waals surface area contributed by atoms with Crippen LogP contribution < -0.4 is 16.7 Å². The quantitative estimate of drug-likeness (QED) is 0.477. The summed E-state index contributed by atoms with van der Waals surface area (Å²) in [6.07, 6.45) is 2.86. The lowest BCUT2D eigenvalue weighted by molar-refractivity contribution is 0.560. The molecule has 2 aromatic heterocycles. The molecule has 0 atom stereocenters. The van der Waals surface area contributed by atoms with Crippen molar-refractivity contribution in [2.45, 2.75) is 0 Å². The van der Waals surface area contributed by atoms with E-state index in [0.717, 1.165) is 0 Å². The molecule has 82 valence electrons. The topological polar surface area (TPSA) is 116 Å². The van der Waals surface area contributed by atoms with Gasteiger partial charge in [0.25, 0.3) is 5.56 Å². The van der Waals surface area contributed by atoms with E-state index >= 15 is 0 Å². The molecule has 16 heavy (non-hydrogen) atoms. The molecule has 0 aliphatic heterocycles. The van der Waals surface area contributed by atoms with Crippen LogP contribution in [-0.4, -0.2) is 21.4 Å². The van der Waals surface area contributed by atoms with Crippen molar-refractivity contribution in [1.82, 2.24) is 15.2 Å². The molecule has 3 N–H and O–H groups in total. The maximum Gasteiger partial charge on any atom is 0.342 e. The van der Waals surface area contributed by atoms with Crippen molar-refractivity contribution in [2.24, 2.45) is 5.10 Å². The Labute approximate surface area is 88.0 Å². The Morgan fingerprint density at radius 3 is 3.06 bits per heavy atom. The zero-order valence-electron chi connectivity index (χ0n) is 7.93. The van der Waals surface area contributed by atoms with Gasteiger partial charge in [-0.3, -0.25) is 15.2 Å². The fourth-order valence-electron chi connectivity index (χ4n) is 0.945. The number of furan rings is 1. The third kappa shape index (κ3) is 2.23. The van der Waals surface area contributed by atoms with Crippen LogP contribution in [0.1, 0.15) is 5.76 Å². The minimum Gasteiger partial charge on any atom is -0.463 e. The van der Waals surface area contributed by atoms with E-state index < -0.39 is 11.2 Å². The summed E-state index contributed by atoms with van der Waals surface area (Å²) in [5, 5.41) is 9.22. The van der Waals surface area contributed by atoms with Gasteiger partial charge in [0, 0.05) is 0 Å². The molecular weight excluding hydrogens is 214 g/mol. The molecule has 0 aliphatic carbocycles. The first-order valence-electron chi connectivity index (χ1n) is 4.27. The summed E-state index contributed by atoms with van der Waals surface area (Å²) in [5.41, 5.74) is 1.04. The maximum atomic E-state index is 11.1. The number of anilines is 1. The molecule has 8 heteroatoms. The predicted molar refractivity (Wildman–Crippen MR) is 55.4 cm³/mol. The highest BCUT2D eigenvalue weighted by atomic mass is 16.3. The highest BCUT2D eigenvalue weighted by Gasteiger charge is 1.98. The summed E-state index contributed by atoms with van der Waals surface area (Å²) in [7, 11) is 0. The van der Waals surface area contributed by atoms with Gasteiger partial charge >= 0.3 is 5.69 Å². The van der Waals surface area contributed by atoms with Gasteiger partial charge in [-0.15, -0.1) is 5.10 Å². The summed E-state index contributed by atoms with van der Waals surface area (Å²) in [4.78, 5) is 23.8. The van der Waals surface area contributed by atoms with Crippen LogP contribution in [0.3, 0.4) is 0 Å². The summed E-state index contributed by atoms with van der Waals surface area (Å²) in [6.45, 7) is 0. The molecule has 0 saturated carbocycles. The van der Waals surface area contributed by atoms with Crippen molar-refractivity contribution in [1.29, 1.82) is 0 Å². The van der Waals surface area contributed by atoms with Gasteiger partial charge in [-0.1, -0.05) is 0 Å². The van der Waals surface area contributed by atoms with E-state index in [4.69, 9.17) is 4.42 Å². The molecule has 0 radical (unpaired) electrons. The predicted octanol–water partition coefficient (Wildman–Crippen LogP) is -0.503. The van der Waals surface area contributed by atoms with E-state index in [-0.39, 0.29) is 5.82 Å². The summed E-state index contributed by atoms with van der Waals surface area (Å²) in [6, 6.07) is 3.39. The molecule has 0 aromatic carbocycles. The number of aromatic nitrogens is 3. The first kappa shape index (κ1) is 9.90. The van der Waals surface area contributed by atoms with Gasteiger partial charge in [0.2, 0.25) is 5.82 Å². The highest BCUT2D eigenvalue weighted by Crippen LogP contribution is 1.95. The Balaban J connectivity index is 2.11. The van der Waals surface area contributed by atoms with Gasteiger partial charge in [0.15, 0.2) is 0 Å². The van der Waals surface area contributed by atoms with E-state index in [1.807, 2.05) is 4.98 Å². The molecule has 2 rings (SSSR count). The smallest absolute Gasteiger partial charge is 0.342 e. The Morgan fingerprint density at radius 1 is 1.50 bits per heavy atom. The molecule has 0 unspecified atom stereocenters. The van der Waals surface area contributed by atoms with Crippen molar-refractivity contribution in [3.63, 3.8) is 0 Å². The molecule has 0 aliphatic rings. The lowest BCUT2D eigenvalue weighted by Crippen LogP contribution is -2.25. The van der Waals surface area contributed by atoms with Gasteiger partial charge in [-0.2, -0.15) is 5.10 Å². The average Bonchev–Trinajstić information content (AvgIpc) is 2.74. The minimum absolute atomic E-state index is 0.109. The third-order valence-electron chi connectivity index (χ3n) is 1.62. The number of rotatable bonds is 3. The fourth-order valence-corrected chi connectivity index (χ4v) is 0.945. The first-order chi connectivity index (χ1) is 7.75. The van der Waals surface area contributed by atoms with Crippen LogP contribution in [0.2, 0.25) is 0 Å².